The van der Waals surface area contributed by atoms with E-state index in [0.29, 0.717) is 5.69 Å². The second kappa shape index (κ2) is 4.49. The molecule has 0 atom stereocenters. The van der Waals surface area contributed by atoms with E-state index in [1.807, 2.05) is 0 Å². The van der Waals surface area contributed by atoms with Crippen LogP contribution in [0, 0.1) is 10.1 Å². The summed E-state index contributed by atoms with van der Waals surface area (Å²) in [4.78, 5) is 20.4. The van der Waals surface area contributed by atoms with Crippen molar-refractivity contribution in [1.82, 2.24) is 0 Å². The number of benzene rings is 1. The highest BCUT2D eigenvalue weighted by Gasteiger charge is 2.24. The summed E-state index contributed by atoms with van der Waals surface area (Å²) >= 11 is 5.79. The van der Waals surface area contributed by atoms with Gasteiger partial charge < -0.3 is 5.32 Å². The number of rotatable bonds is 3. The second-order valence-corrected chi connectivity index (χ2v) is 4.68. The van der Waals surface area contributed by atoms with E-state index in [1.54, 1.807) is 13.8 Å². The van der Waals surface area contributed by atoms with Crippen molar-refractivity contribution in [3.63, 3.8) is 0 Å². The molecule has 0 spiro atoms. The molecule has 1 amide bonds. The molecule has 0 radical (unpaired) electrons. The van der Waals surface area contributed by atoms with Crippen molar-refractivity contribution in [3.8, 4) is 0 Å². The van der Waals surface area contributed by atoms with Crippen molar-refractivity contribution in [2.24, 2.45) is 0 Å². The molecule has 0 fully saturated rings. The van der Waals surface area contributed by atoms with E-state index in [2.05, 4.69) is 5.32 Å². The number of nitrogens with zero attached hydrogens (tertiary/aromatic N) is 1. The molecular formula is C10H11ClN2O3. The molecule has 1 N–H and O–H groups in total. The quantitative estimate of drug-likeness (QED) is 0.503. The molecule has 0 heterocycles. The fraction of sp³-hybridized carbons (Fsp3) is 0.300. The lowest BCUT2D eigenvalue weighted by Crippen LogP contribution is -2.31. The highest BCUT2D eigenvalue weighted by Crippen LogP contribution is 2.19. The third kappa shape index (κ3) is 3.20. The van der Waals surface area contributed by atoms with Gasteiger partial charge in [0.2, 0.25) is 5.91 Å². The van der Waals surface area contributed by atoms with E-state index >= 15 is 0 Å². The average molecular weight is 243 g/mol. The molecule has 0 saturated carbocycles. The van der Waals surface area contributed by atoms with Gasteiger partial charge >= 0.3 is 0 Å². The molecule has 0 unspecified atom stereocenters. The number of alkyl halides is 1. The fourth-order valence-corrected chi connectivity index (χ4v) is 0.993. The number of anilines is 1. The third-order valence-corrected chi connectivity index (χ3v) is 2.05. The van der Waals surface area contributed by atoms with Crippen molar-refractivity contribution in [1.29, 1.82) is 0 Å². The fourth-order valence-electron chi connectivity index (χ4n) is 0.946. The smallest absolute Gasteiger partial charge is 0.269 e. The Hall–Kier alpha value is -1.62. The molecule has 0 aromatic heterocycles. The topological polar surface area (TPSA) is 72.2 Å². The minimum atomic E-state index is -1.01. The summed E-state index contributed by atoms with van der Waals surface area (Å²) < 4.78 is 0. The maximum atomic E-state index is 11.5. The van der Waals surface area contributed by atoms with Gasteiger partial charge in [-0.25, -0.2) is 0 Å². The van der Waals surface area contributed by atoms with Crippen molar-refractivity contribution >= 4 is 28.9 Å². The van der Waals surface area contributed by atoms with Crippen LogP contribution < -0.4 is 5.32 Å². The lowest BCUT2D eigenvalue weighted by Gasteiger charge is -2.15. The molecule has 5 nitrogen and oxygen atoms in total. The van der Waals surface area contributed by atoms with Crippen LogP contribution in [0.3, 0.4) is 0 Å². The molecule has 1 aromatic carbocycles. The minimum absolute atomic E-state index is 0.0249. The van der Waals surface area contributed by atoms with Gasteiger partial charge in [-0.15, -0.1) is 11.6 Å². The highest BCUT2D eigenvalue weighted by molar-refractivity contribution is 6.35. The number of hydrogen-bond donors (Lipinski definition) is 1. The number of nitrogens with one attached hydrogen (secondary N) is 1. The average Bonchev–Trinajstić information content (AvgIpc) is 2.17. The number of nitro benzene ring substituents is 1. The van der Waals surface area contributed by atoms with Gasteiger partial charge in [0, 0.05) is 17.8 Å². The first-order valence-corrected chi connectivity index (χ1v) is 4.93. The maximum absolute atomic E-state index is 11.5. The normalized spacial score (nSPS) is 10.9. The van der Waals surface area contributed by atoms with Gasteiger partial charge in [0.1, 0.15) is 4.87 Å². The van der Waals surface area contributed by atoms with Crippen LogP contribution in [0.5, 0.6) is 0 Å². The Morgan fingerprint density at radius 3 is 2.25 bits per heavy atom. The van der Waals surface area contributed by atoms with Crippen molar-refractivity contribution in [2.45, 2.75) is 18.7 Å². The molecule has 86 valence electrons. The zero-order valence-electron chi connectivity index (χ0n) is 8.86. The van der Waals surface area contributed by atoms with Crippen molar-refractivity contribution in [2.75, 3.05) is 5.32 Å². The van der Waals surface area contributed by atoms with Gasteiger partial charge in [-0.1, -0.05) is 0 Å². The Kier molecular flexibility index (Phi) is 3.49. The summed E-state index contributed by atoms with van der Waals surface area (Å²) in [5.74, 6) is -0.358. The van der Waals surface area contributed by atoms with Gasteiger partial charge in [0.25, 0.3) is 5.69 Å². The van der Waals surface area contributed by atoms with E-state index in [-0.39, 0.29) is 11.6 Å². The van der Waals surface area contributed by atoms with E-state index in [9.17, 15) is 14.9 Å². The lowest BCUT2D eigenvalue weighted by molar-refractivity contribution is -0.384. The van der Waals surface area contributed by atoms with Gasteiger partial charge in [-0.05, 0) is 26.0 Å². The molecule has 0 aliphatic carbocycles. The number of amides is 1. The van der Waals surface area contributed by atoms with Crippen LogP contribution in [0.1, 0.15) is 13.8 Å². The molecule has 0 saturated heterocycles. The monoisotopic (exact) mass is 242 g/mol. The molecule has 6 heteroatoms. The molecule has 0 aliphatic heterocycles. The summed E-state index contributed by atoms with van der Waals surface area (Å²) in [7, 11) is 0. The van der Waals surface area contributed by atoms with Crippen molar-refractivity contribution in [3.05, 3.63) is 34.4 Å². The summed E-state index contributed by atoms with van der Waals surface area (Å²) in [5, 5.41) is 12.9. The number of non-ortho nitro benzene ring substituents is 1. The Balaban J connectivity index is 2.77. The number of carbonyl (C=O) groups is 1. The molecule has 16 heavy (non-hydrogen) atoms. The number of nitro groups is 1. The summed E-state index contributed by atoms with van der Waals surface area (Å²) in [6.07, 6.45) is 0. The van der Waals surface area contributed by atoms with Crippen molar-refractivity contribution < 1.29 is 9.72 Å². The Bertz CT molecular complexity index is 409. The van der Waals surface area contributed by atoms with E-state index in [1.165, 1.54) is 24.3 Å². The lowest BCUT2D eigenvalue weighted by atomic mass is 10.2. The maximum Gasteiger partial charge on any atom is 0.269 e. The van der Waals surface area contributed by atoms with E-state index < -0.39 is 9.80 Å². The summed E-state index contributed by atoms with van der Waals surface area (Å²) in [5.41, 5.74) is 0.451. The van der Waals surface area contributed by atoms with E-state index in [0.717, 1.165) is 0 Å². The van der Waals surface area contributed by atoms with Crippen LogP contribution in [-0.2, 0) is 4.79 Å². The van der Waals surface area contributed by atoms with Gasteiger partial charge in [-0.3, -0.25) is 14.9 Å². The van der Waals surface area contributed by atoms with Crippen LogP contribution in [-0.4, -0.2) is 15.7 Å². The number of hydrogen-bond acceptors (Lipinski definition) is 3. The number of halogens is 1. The third-order valence-electron chi connectivity index (χ3n) is 1.88. The van der Waals surface area contributed by atoms with E-state index in [4.69, 9.17) is 11.6 Å². The summed E-state index contributed by atoms with van der Waals surface area (Å²) in [6, 6.07) is 5.55. The molecule has 1 aromatic rings. The van der Waals surface area contributed by atoms with Gasteiger partial charge in [0.15, 0.2) is 0 Å². The Labute approximate surface area is 97.6 Å². The zero-order valence-corrected chi connectivity index (χ0v) is 9.62. The Morgan fingerprint density at radius 2 is 1.88 bits per heavy atom. The molecular weight excluding hydrogens is 232 g/mol. The van der Waals surface area contributed by atoms with Gasteiger partial charge in [0.05, 0.1) is 4.92 Å². The zero-order chi connectivity index (χ0) is 12.3. The first kappa shape index (κ1) is 12.4. The van der Waals surface area contributed by atoms with Gasteiger partial charge in [-0.2, -0.15) is 0 Å². The largest absolute Gasteiger partial charge is 0.325 e. The molecule has 0 aliphatic rings. The second-order valence-electron chi connectivity index (χ2n) is 3.73. The van der Waals surface area contributed by atoms with Crippen LogP contribution in [0.4, 0.5) is 11.4 Å². The Morgan fingerprint density at radius 1 is 1.38 bits per heavy atom. The first-order valence-electron chi connectivity index (χ1n) is 4.55. The van der Waals surface area contributed by atoms with Crippen LogP contribution in [0.25, 0.3) is 0 Å². The SMILES string of the molecule is CC(C)(Cl)C(=O)Nc1ccc([N+](=O)[O-])cc1. The standard InChI is InChI=1S/C10H11ClN2O3/c1-10(2,11)9(14)12-7-3-5-8(6-4-7)13(15)16/h3-6H,1-2H3,(H,12,14). The van der Waals surface area contributed by atoms with Crippen LogP contribution >= 0.6 is 11.6 Å². The predicted molar refractivity (Wildman–Crippen MR) is 61.7 cm³/mol. The number of carbonyl (C=O) groups excluding carboxylic acids is 1. The predicted octanol–water partition coefficient (Wildman–Crippen LogP) is 2.55. The minimum Gasteiger partial charge on any atom is -0.325 e. The molecule has 0 bridgehead atoms. The van der Waals surface area contributed by atoms with Crippen LogP contribution in [0.15, 0.2) is 24.3 Å². The molecule has 1 rings (SSSR count). The first-order chi connectivity index (χ1) is 7.30. The summed E-state index contributed by atoms with van der Waals surface area (Å²) in [6.45, 7) is 3.13. The van der Waals surface area contributed by atoms with Crippen LogP contribution in [0.2, 0.25) is 0 Å². The highest BCUT2D eigenvalue weighted by atomic mass is 35.5.